The van der Waals surface area contributed by atoms with Gasteiger partial charge < -0.3 is 15.0 Å². The molecule has 1 aliphatic rings. The fraction of sp³-hybridized carbons (Fsp3) is 0.333. The number of pyridine rings is 1. The van der Waals surface area contributed by atoms with Gasteiger partial charge in [0, 0.05) is 43.2 Å². The number of carbonyl (C=O) groups excluding carboxylic acids is 1. The van der Waals surface area contributed by atoms with Gasteiger partial charge in [-0.25, -0.2) is 0 Å². The van der Waals surface area contributed by atoms with Crippen LogP contribution < -0.4 is 10.1 Å². The van der Waals surface area contributed by atoms with Crippen LogP contribution >= 0.6 is 0 Å². The Bertz CT molecular complexity index is 654. The number of nitrogens with one attached hydrogen (secondary N) is 1. The molecule has 0 aliphatic carbocycles. The normalized spacial score (nSPS) is 17.0. The number of benzene rings is 1. The van der Waals surface area contributed by atoms with Crippen LogP contribution in [-0.2, 0) is 6.61 Å². The Hall–Kier alpha value is -2.40. The summed E-state index contributed by atoms with van der Waals surface area (Å²) in [5, 5.41) is 3.28. The maximum atomic E-state index is 12.6. The first kappa shape index (κ1) is 15.5. The number of nitrogens with zero attached hydrogens (tertiary/aromatic N) is 2. The molecule has 1 N–H and O–H groups in total. The van der Waals surface area contributed by atoms with Crippen molar-refractivity contribution in [3.8, 4) is 5.75 Å². The molecule has 1 fully saturated rings. The first-order valence-corrected chi connectivity index (χ1v) is 7.83. The molecular weight excluding hydrogens is 290 g/mol. The van der Waals surface area contributed by atoms with Gasteiger partial charge in [0.05, 0.1) is 0 Å². The summed E-state index contributed by atoms with van der Waals surface area (Å²) in [6, 6.07) is 11.5. The summed E-state index contributed by atoms with van der Waals surface area (Å²) in [6.07, 6.45) is 4.51. The fourth-order valence-corrected chi connectivity index (χ4v) is 2.71. The number of rotatable bonds is 5. The molecule has 2 aromatic rings. The largest absolute Gasteiger partial charge is 0.489 e. The second-order valence-corrected chi connectivity index (χ2v) is 5.74. The van der Waals surface area contributed by atoms with E-state index in [4.69, 9.17) is 4.74 Å². The number of amides is 1. The van der Waals surface area contributed by atoms with Crippen LogP contribution in [0, 0.1) is 0 Å². The first-order chi connectivity index (χ1) is 11.2. The molecule has 1 aromatic heterocycles. The van der Waals surface area contributed by atoms with Crippen molar-refractivity contribution in [3.63, 3.8) is 0 Å². The van der Waals surface area contributed by atoms with Gasteiger partial charge in [0.2, 0.25) is 0 Å². The van der Waals surface area contributed by atoms with Crippen molar-refractivity contribution in [3.05, 3.63) is 59.9 Å². The quantitative estimate of drug-likeness (QED) is 0.919. The standard InChI is InChI=1S/C18H21N3O2/c1-21(16-7-9-20-12-16)18(22)15-5-2-6-17(10-15)23-13-14-4-3-8-19-11-14/h2-6,8,10-11,16,20H,7,9,12-13H2,1H3. The minimum Gasteiger partial charge on any atom is -0.489 e. The number of hydrogen-bond acceptors (Lipinski definition) is 4. The van der Waals surface area contributed by atoms with Crippen LogP contribution in [0.25, 0.3) is 0 Å². The van der Waals surface area contributed by atoms with Gasteiger partial charge in [-0.05, 0) is 37.2 Å². The molecule has 5 nitrogen and oxygen atoms in total. The Morgan fingerprint density at radius 2 is 2.30 bits per heavy atom. The summed E-state index contributed by atoms with van der Waals surface area (Å²) in [6.45, 7) is 2.27. The highest BCUT2D eigenvalue weighted by atomic mass is 16.5. The van der Waals surface area contributed by atoms with Crippen LogP contribution in [0.1, 0.15) is 22.3 Å². The maximum absolute atomic E-state index is 12.6. The summed E-state index contributed by atoms with van der Waals surface area (Å²) >= 11 is 0. The molecule has 0 spiro atoms. The maximum Gasteiger partial charge on any atom is 0.254 e. The lowest BCUT2D eigenvalue weighted by molar-refractivity contribution is 0.0743. The van der Waals surface area contributed by atoms with Gasteiger partial charge in [0.25, 0.3) is 5.91 Å². The average Bonchev–Trinajstić information content (AvgIpc) is 3.14. The van der Waals surface area contributed by atoms with E-state index >= 15 is 0 Å². The zero-order chi connectivity index (χ0) is 16.1. The van der Waals surface area contributed by atoms with Crippen LogP contribution in [0.15, 0.2) is 48.8 Å². The predicted octanol–water partition coefficient (Wildman–Crippen LogP) is 2.09. The molecule has 23 heavy (non-hydrogen) atoms. The van der Waals surface area contributed by atoms with E-state index in [2.05, 4.69) is 10.3 Å². The summed E-state index contributed by atoms with van der Waals surface area (Å²) in [7, 11) is 1.86. The van der Waals surface area contributed by atoms with Crippen LogP contribution in [0.2, 0.25) is 0 Å². The lowest BCUT2D eigenvalue weighted by Gasteiger charge is -2.24. The number of likely N-dealkylation sites (N-methyl/N-ethyl adjacent to an activating group) is 1. The number of carbonyl (C=O) groups is 1. The van der Waals surface area contributed by atoms with Crippen LogP contribution in [0.3, 0.4) is 0 Å². The molecule has 1 amide bonds. The molecule has 0 saturated carbocycles. The number of aromatic nitrogens is 1. The van der Waals surface area contributed by atoms with E-state index in [0.29, 0.717) is 17.9 Å². The number of hydrogen-bond donors (Lipinski definition) is 1. The molecule has 0 radical (unpaired) electrons. The minimum atomic E-state index is 0.0329. The van der Waals surface area contributed by atoms with Gasteiger partial charge in [-0.15, -0.1) is 0 Å². The molecule has 1 aliphatic heterocycles. The van der Waals surface area contributed by atoms with Gasteiger partial charge in [-0.2, -0.15) is 0 Å². The van der Waals surface area contributed by atoms with Gasteiger partial charge in [0.15, 0.2) is 0 Å². The molecule has 5 heteroatoms. The van der Waals surface area contributed by atoms with Crippen LogP contribution in [0.4, 0.5) is 0 Å². The number of ether oxygens (including phenoxy) is 1. The van der Waals surface area contributed by atoms with Crippen molar-refractivity contribution in [2.24, 2.45) is 0 Å². The molecule has 120 valence electrons. The zero-order valence-electron chi connectivity index (χ0n) is 13.2. The third-order valence-electron chi connectivity index (χ3n) is 4.11. The second-order valence-electron chi connectivity index (χ2n) is 5.74. The molecule has 1 saturated heterocycles. The highest BCUT2D eigenvalue weighted by Crippen LogP contribution is 2.18. The molecule has 2 heterocycles. The van der Waals surface area contributed by atoms with Gasteiger partial charge in [-0.1, -0.05) is 12.1 Å². The third kappa shape index (κ3) is 3.87. The highest BCUT2D eigenvalue weighted by Gasteiger charge is 2.24. The topological polar surface area (TPSA) is 54.5 Å². The smallest absolute Gasteiger partial charge is 0.254 e. The SMILES string of the molecule is CN(C(=O)c1cccc(OCc2cccnc2)c1)C1CCNC1. The Kier molecular flexibility index (Phi) is 4.88. The first-order valence-electron chi connectivity index (χ1n) is 7.83. The van der Waals surface area contributed by atoms with E-state index in [0.717, 1.165) is 25.1 Å². The van der Waals surface area contributed by atoms with Gasteiger partial charge in [0.1, 0.15) is 12.4 Å². The average molecular weight is 311 g/mol. The Morgan fingerprint density at radius 3 is 3.04 bits per heavy atom. The van der Waals surface area contributed by atoms with Crippen molar-refractivity contribution in [2.75, 3.05) is 20.1 Å². The van der Waals surface area contributed by atoms with E-state index in [1.165, 1.54) is 0 Å². The Balaban J connectivity index is 1.65. The molecule has 3 rings (SSSR count). The van der Waals surface area contributed by atoms with Crippen molar-refractivity contribution in [1.29, 1.82) is 0 Å². The van der Waals surface area contributed by atoms with E-state index < -0.39 is 0 Å². The van der Waals surface area contributed by atoms with E-state index in [1.54, 1.807) is 18.5 Å². The van der Waals surface area contributed by atoms with Crippen LogP contribution in [-0.4, -0.2) is 42.0 Å². The van der Waals surface area contributed by atoms with Crippen molar-refractivity contribution in [2.45, 2.75) is 19.1 Å². The monoisotopic (exact) mass is 311 g/mol. The van der Waals surface area contributed by atoms with Crippen LogP contribution in [0.5, 0.6) is 5.75 Å². The predicted molar refractivity (Wildman–Crippen MR) is 88.4 cm³/mol. The molecule has 1 aromatic carbocycles. The van der Waals surface area contributed by atoms with E-state index in [1.807, 2.05) is 42.3 Å². The highest BCUT2D eigenvalue weighted by molar-refractivity contribution is 5.94. The van der Waals surface area contributed by atoms with Gasteiger partial charge >= 0.3 is 0 Å². The lowest BCUT2D eigenvalue weighted by Crippen LogP contribution is -2.38. The van der Waals surface area contributed by atoms with E-state index in [-0.39, 0.29) is 11.9 Å². The third-order valence-corrected chi connectivity index (χ3v) is 4.11. The summed E-state index contributed by atoms with van der Waals surface area (Å²) < 4.78 is 5.77. The molecule has 0 bridgehead atoms. The molecule has 1 atom stereocenters. The van der Waals surface area contributed by atoms with Gasteiger partial charge in [-0.3, -0.25) is 9.78 Å². The molecule has 1 unspecified atom stereocenters. The lowest BCUT2D eigenvalue weighted by atomic mass is 10.1. The summed E-state index contributed by atoms with van der Waals surface area (Å²) in [5.74, 6) is 0.725. The van der Waals surface area contributed by atoms with Crippen molar-refractivity contribution < 1.29 is 9.53 Å². The zero-order valence-corrected chi connectivity index (χ0v) is 13.2. The Morgan fingerprint density at radius 1 is 1.39 bits per heavy atom. The Labute approximate surface area is 136 Å². The second kappa shape index (κ2) is 7.24. The summed E-state index contributed by atoms with van der Waals surface area (Å²) in [4.78, 5) is 18.5. The van der Waals surface area contributed by atoms with Crippen molar-refractivity contribution in [1.82, 2.24) is 15.2 Å². The summed E-state index contributed by atoms with van der Waals surface area (Å²) in [5.41, 5.74) is 1.65. The fourth-order valence-electron chi connectivity index (χ4n) is 2.71. The van der Waals surface area contributed by atoms with E-state index in [9.17, 15) is 4.79 Å². The molecular formula is C18H21N3O2. The van der Waals surface area contributed by atoms with Crippen molar-refractivity contribution >= 4 is 5.91 Å². The minimum absolute atomic E-state index is 0.0329.